The second-order valence-corrected chi connectivity index (χ2v) is 7.76. The van der Waals surface area contributed by atoms with Crippen molar-refractivity contribution in [2.75, 3.05) is 20.6 Å². The highest BCUT2D eigenvalue weighted by Crippen LogP contribution is 2.23. The van der Waals surface area contributed by atoms with Gasteiger partial charge in [0.15, 0.2) is 6.04 Å². The van der Waals surface area contributed by atoms with E-state index in [2.05, 4.69) is 31.5 Å². The monoisotopic (exact) mass is 386 g/mol. The summed E-state index contributed by atoms with van der Waals surface area (Å²) in [6.45, 7) is 5.62. The van der Waals surface area contributed by atoms with Crippen molar-refractivity contribution < 1.29 is 14.6 Å². The van der Waals surface area contributed by atoms with Gasteiger partial charge in [0.1, 0.15) is 18.7 Å². The summed E-state index contributed by atoms with van der Waals surface area (Å²) in [4.78, 5) is 13.4. The highest BCUT2D eigenvalue weighted by Gasteiger charge is 2.22. The maximum Gasteiger partial charge on any atom is 0.336 e. The van der Waals surface area contributed by atoms with Crippen LogP contribution in [-0.2, 0) is 6.54 Å². The van der Waals surface area contributed by atoms with Crippen LogP contribution in [-0.4, -0.2) is 20.6 Å². The van der Waals surface area contributed by atoms with Gasteiger partial charge in [-0.25, -0.2) is 4.79 Å². The van der Waals surface area contributed by atoms with E-state index in [1.165, 1.54) is 4.90 Å². The average molecular weight is 387 g/mol. The van der Waals surface area contributed by atoms with E-state index in [1.54, 1.807) is 6.07 Å². The summed E-state index contributed by atoms with van der Waals surface area (Å²) in [5.74, 6) is 0. The van der Waals surface area contributed by atoms with Gasteiger partial charge < -0.3 is 14.6 Å². The van der Waals surface area contributed by atoms with Crippen LogP contribution in [0.3, 0.4) is 0 Å². The number of hydrogen-bond donors (Lipinski definition) is 2. The molecule has 0 unspecified atom stereocenters. The second kappa shape index (κ2) is 8.26. The Hall–Kier alpha value is -2.14. The normalized spacial score (nSPS) is 12.7. The van der Waals surface area contributed by atoms with Gasteiger partial charge in [0.2, 0.25) is 0 Å². The third kappa shape index (κ3) is 4.24. The molecule has 0 radical (unpaired) electrons. The molecule has 0 fully saturated rings. The molecule has 2 aromatic carbocycles. The van der Waals surface area contributed by atoms with Crippen LogP contribution >= 0.6 is 11.6 Å². The van der Waals surface area contributed by atoms with E-state index in [1.807, 2.05) is 38.1 Å². The summed E-state index contributed by atoms with van der Waals surface area (Å²) in [6, 6.07) is 14.0. The molecule has 5 heteroatoms. The van der Waals surface area contributed by atoms with Crippen LogP contribution in [0.1, 0.15) is 28.3 Å². The lowest BCUT2D eigenvalue weighted by atomic mass is 10.0. The Morgan fingerprint density at radius 3 is 2.59 bits per heavy atom. The number of nitrogens with two attached hydrogens (primary N) is 1. The second-order valence-electron chi connectivity index (χ2n) is 7.35. The molecule has 1 aromatic heterocycles. The molecule has 0 amide bonds. The van der Waals surface area contributed by atoms with Crippen LogP contribution in [0.15, 0.2) is 51.7 Å². The molecule has 1 heterocycles. The molecule has 0 saturated carbocycles. The highest BCUT2D eigenvalue weighted by atomic mass is 35.5. The molecule has 0 aliphatic carbocycles. The molecule has 3 rings (SSSR count). The van der Waals surface area contributed by atoms with E-state index in [0.717, 1.165) is 45.8 Å². The van der Waals surface area contributed by atoms with E-state index in [0.29, 0.717) is 5.58 Å². The van der Waals surface area contributed by atoms with Gasteiger partial charge in [0, 0.05) is 27.6 Å². The number of quaternary nitrogens is 2. The number of hydrogen-bond acceptors (Lipinski definition) is 2. The molecule has 27 heavy (non-hydrogen) atoms. The minimum Gasteiger partial charge on any atom is -0.422 e. The van der Waals surface area contributed by atoms with Crippen molar-refractivity contribution in [3.8, 4) is 0 Å². The zero-order chi connectivity index (χ0) is 19.6. The minimum atomic E-state index is -0.291. The summed E-state index contributed by atoms with van der Waals surface area (Å²) in [5.41, 5.74) is 4.72. The summed E-state index contributed by atoms with van der Waals surface area (Å²) in [6.07, 6.45) is 0. The zero-order valence-electron chi connectivity index (χ0n) is 16.3. The van der Waals surface area contributed by atoms with Crippen LogP contribution in [0.25, 0.3) is 11.0 Å². The van der Waals surface area contributed by atoms with Crippen molar-refractivity contribution in [1.29, 1.82) is 0 Å². The van der Waals surface area contributed by atoms with Crippen LogP contribution < -0.4 is 15.8 Å². The first-order valence-electron chi connectivity index (χ1n) is 9.27. The maximum atomic E-state index is 12.0. The Labute approximate surface area is 164 Å². The SMILES string of the molecule is Cc1ccc2c(C[NH2+]C[C@@H](c3ccccc3Cl)[NH+](C)C)cc(=O)oc2c1C. The van der Waals surface area contributed by atoms with Gasteiger partial charge in [0.05, 0.1) is 14.1 Å². The lowest BCUT2D eigenvalue weighted by Crippen LogP contribution is -3.09. The summed E-state index contributed by atoms with van der Waals surface area (Å²) < 4.78 is 5.47. The number of benzene rings is 2. The number of aryl methyl sites for hydroxylation is 2. The molecule has 0 aliphatic heterocycles. The Bertz CT molecular complexity index is 1010. The fraction of sp³-hybridized carbons (Fsp3) is 0.318. The van der Waals surface area contributed by atoms with Gasteiger partial charge in [-0.3, -0.25) is 0 Å². The van der Waals surface area contributed by atoms with Crippen molar-refractivity contribution in [2.24, 2.45) is 0 Å². The van der Waals surface area contributed by atoms with Gasteiger partial charge in [-0.05, 0) is 31.0 Å². The summed E-state index contributed by atoms with van der Waals surface area (Å²) in [5, 5.41) is 4.05. The fourth-order valence-corrected chi connectivity index (χ4v) is 3.80. The number of nitrogens with one attached hydrogen (secondary N) is 1. The quantitative estimate of drug-likeness (QED) is 0.637. The first-order valence-corrected chi connectivity index (χ1v) is 9.65. The van der Waals surface area contributed by atoms with E-state index < -0.39 is 0 Å². The Balaban J connectivity index is 1.83. The van der Waals surface area contributed by atoms with E-state index >= 15 is 0 Å². The molecule has 0 spiro atoms. The Morgan fingerprint density at radius 2 is 1.89 bits per heavy atom. The van der Waals surface area contributed by atoms with Gasteiger partial charge in [-0.1, -0.05) is 41.9 Å². The fourth-order valence-electron chi connectivity index (χ4n) is 3.53. The number of fused-ring (bicyclic) bond motifs is 1. The lowest BCUT2D eigenvalue weighted by molar-refractivity contribution is -0.910. The summed E-state index contributed by atoms with van der Waals surface area (Å²) in [7, 11) is 4.28. The Morgan fingerprint density at radius 1 is 1.15 bits per heavy atom. The van der Waals surface area contributed by atoms with Crippen molar-refractivity contribution in [2.45, 2.75) is 26.4 Å². The van der Waals surface area contributed by atoms with Crippen molar-refractivity contribution >= 4 is 22.6 Å². The smallest absolute Gasteiger partial charge is 0.336 e. The van der Waals surface area contributed by atoms with E-state index in [9.17, 15) is 4.79 Å². The molecule has 0 saturated heterocycles. The predicted molar refractivity (Wildman–Crippen MR) is 109 cm³/mol. The van der Waals surface area contributed by atoms with Crippen LogP contribution in [0.4, 0.5) is 0 Å². The largest absolute Gasteiger partial charge is 0.422 e. The van der Waals surface area contributed by atoms with Gasteiger partial charge in [-0.15, -0.1) is 0 Å². The van der Waals surface area contributed by atoms with Crippen LogP contribution in [0.5, 0.6) is 0 Å². The lowest BCUT2D eigenvalue weighted by Gasteiger charge is -2.21. The third-order valence-corrected chi connectivity index (χ3v) is 5.61. The minimum absolute atomic E-state index is 0.272. The molecule has 0 bridgehead atoms. The standard InChI is InChI=1S/C22H25ClN2O2/c1-14-9-10-17-16(11-21(26)27-22(17)15(14)2)12-24-13-20(25(3)4)18-7-5-6-8-19(18)23/h5-11,20,24H,12-13H2,1-4H3/p+2/t20-/m0/s1. The molecule has 142 valence electrons. The van der Waals surface area contributed by atoms with Gasteiger partial charge in [-0.2, -0.15) is 0 Å². The van der Waals surface area contributed by atoms with Crippen LogP contribution in [0.2, 0.25) is 5.02 Å². The van der Waals surface area contributed by atoms with Gasteiger partial charge in [0.25, 0.3) is 0 Å². The van der Waals surface area contributed by atoms with E-state index in [4.69, 9.17) is 16.0 Å². The molecular weight excluding hydrogens is 360 g/mol. The third-order valence-electron chi connectivity index (χ3n) is 5.26. The predicted octanol–water partition coefficient (Wildman–Crippen LogP) is 2.01. The van der Waals surface area contributed by atoms with Crippen molar-refractivity contribution in [3.63, 3.8) is 0 Å². The topological polar surface area (TPSA) is 51.3 Å². The van der Waals surface area contributed by atoms with Crippen molar-refractivity contribution in [3.05, 3.63) is 80.2 Å². The average Bonchev–Trinajstić information content (AvgIpc) is 2.62. The first kappa shape index (κ1) is 19.6. The molecule has 3 aromatic rings. The maximum absolute atomic E-state index is 12.0. The molecule has 4 nitrogen and oxygen atoms in total. The summed E-state index contributed by atoms with van der Waals surface area (Å²) >= 11 is 6.41. The zero-order valence-corrected chi connectivity index (χ0v) is 17.1. The highest BCUT2D eigenvalue weighted by molar-refractivity contribution is 6.31. The molecule has 1 atom stereocenters. The first-order chi connectivity index (χ1) is 12.9. The van der Waals surface area contributed by atoms with Crippen LogP contribution in [0, 0.1) is 13.8 Å². The molecule has 0 aliphatic rings. The van der Waals surface area contributed by atoms with E-state index in [-0.39, 0.29) is 11.7 Å². The van der Waals surface area contributed by atoms with Gasteiger partial charge >= 0.3 is 5.63 Å². The molecular formula is C22H27ClN2O2+2. The number of halogens is 1. The van der Waals surface area contributed by atoms with Crippen molar-refractivity contribution in [1.82, 2.24) is 0 Å². The molecule has 3 N–H and O–H groups in total. The number of likely N-dealkylation sites (N-methyl/N-ethyl adjacent to an activating group) is 1. The Kier molecular flexibility index (Phi) is 6.00. The number of rotatable bonds is 6.